The number of thioether (sulfide) groups is 1. The highest BCUT2D eigenvalue weighted by atomic mass is 79.9. The van der Waals surface area contributed by atoms with Gasteiger partial charge in [-0.3, -0.25) is 14.9 Å². The van der Waals surface area contributed by atoms with Crippen molar-refractivity contribution >= 4 is 56.1 Å². The van der Waals surface area contributed by atoms with Crippen LogP contribution in [0.1, 0.15) is 0 Å². The van der Waals surface area contributed by atoms with E-state index in [1.54, 1.807) is 24.4 Å². The van der Waals surface area contributed by atoms with Crippen molar-refractivity contribution in [3.05, 3.63) is 51.1 Å². The molecule has 122 valence electrons. The van der Waals surface area contributed by atoms with E-state index in [1.807, 2.05) is 0 Å². The zero-order valence-corrected chi connectivity index (χ0v) is 14.4. The molecule has 24 heavy (non-hydrogen) atoms. The van der Waals surface area contributed by atoms with Crippen LogP contribution in [0.15, 0.2) is 46.2 Å². The van der Waals surface area contributed by atoms with Crippen molar-refractivity contribution in [1.82, 2.24) is 15.0 Å². The number of nitrogens with one attached hydrogen (secondary N) is 2. The summed E-state index contributed by atoms with van der Waals surface area (Å²) in [5.74, 6) is 0.347. The Morgan fingerprint density at radius 2 is 2.25 bits per heavy atom. The van der Waals surface area contributed by atoms with Crippen LogP contribution in [0, 0.1) is 10.1 Å². The van der Waals surface area contributed by atoms with E-state index >= 15 is 0 Å². The van der Waals surface area contributed by atoms with Crippen molar-refractivity contribution in [3.63, 3.8) is 0 Å². The van der Waals surface area contributed by atoms with Gasteiger partial charge in [0.1, 0.15) is 5.82 Å². The average molecular weight is 408 g/mol. The molecule has 3 rings (SSSR count). The number of carbonyl (C=O) groups excluding carboxylic acids is 1. The highest BCUT2D eigenvalue weighted by Crippen LogP contribution is 2.24. The molecule has 0 aliphatic carbocycles. The second-order valence-corrected chi connectivity index (χ2v) is 6.49. The molecule has 0 saturated heterocycles. The number of halogens is 1. The lowest BCUT2D eigenvalue weighted by atomic mass is 10.3. The molecule has 1 amide bonds. The maximum atomic E-state index is 12.0. The Bertz CT molecular complexity index is 930. The molecule has 0 bridgehead atoms. The number of anilines is 1. The van der Waals surface area contributed by atoms with Gasteiger partial charge in [-0.1, -0.05) is 11.8 Å². The fraction of sp³-hybridized carbons (Fsp3) is 0.0714. The van der Waals surface area contributed by atoms with E-state index in [9.17, 15) is 14.9 Å². The van der Waals surface area contributed by atoms with E-state index < -0.39 is 4.92 Å². The molecule has 0 fully saturated rings. The number of benzene rings is 1. The summed E-state index contributed by atoms with van der Waals surface area (Å²) in [6, 6.07) is 7.91. The van der Waals surface area contributed by atoms with Gasteiger partial charge in [0.05, 0.1) is 26.2 Å². The topological polar surface area (TPSA) is 114 Å². The molecular formula is C14H10BrN5O3S. The number of nitro groups is 1. The van der Waals surface area contributed by atoms with Gasteiger partial charge in [-0.2, -0.15) is 0 Å². The van der Waals surface area contributed by atoms with E-state index in [0.29, 0.717) is 26.5 Å². The van der Waals surface area contributed by atoms with E-state index in [-0.39, 0.29) is 17.3 Å². The Labute approximate surface area is 148 Å². The van der Waals surface area contributed by atoms with Gasteiger partial charge in [0.2, 0.25) is 5.91 Å². The van der Waals surface area contributed by atoms with E-state index in [1.165, 1.54) is 23.9 Å². The Balaban J connectivity index is 1.66. The van der Waals surface area contributed by atoms with Crippen molar-refractivity contribution < 1.29 is 9.72 Å². The van der Waals surface area contributed by atoms with Gasteiger partial charge in [0, 0.05) is 18.3 Å². The van der Waals surface area contributed by atoms with Crippen LogP contribution < -0.4 is 5.32 Å². The number of aromatic amines is 1. The van der Waals surface area contributed by atoms with E-state index in [2.05, 4.69) is 36.2 Å². The lowest BCUT2D eigenvalue weighted by Crippen LogP contribution is -2.15. The fourth-order valence-corrected chi connectivity index (χ4v) is 2.97. The third-order valence-corrected chi connectivity index (χ3v) is 4.52. The number of amides is 1. The third-order valence-electron chi connectivity index (χ3n) is 3.01. The number of pyridine rings is 1. The Morgan fingerprint density at radius 3 is 3.00 bits per heavy atom. The lowest BCUT2D eigenvalue weighted by molar-refractivity contribution is -0.384. The minimum absolute atomic E-state index is 0.0135. The number of carbonyl (C=O) groups is 1. The summed E-state index contributed by atoms with van der Waals surface area (Å²) >= 11 is 4.51. The van der Waals surface area contributed by atoms with E-state index in [4.69, 9.17) is 0 Å². The average Bonchev–Trinajstić information content (AvgIpc) is 2.97. The second kappa shape index (κ2) is 6.97. The molecule has 0 aliphatic heterocycles. The first-order valence-electron chi connectivity index (χ1n) is 6.70. The summed E-state index contributed by atoms with van der Waals surface area (Å²) in [6.07, 6.45) is 1.58. The molecule has 10 heteroatoms. The number of imidazole rings is 1. The molecule has 0 unspecified atom stereocenters. The monoisotopic (exact) mass is 407 g/mol. The number of fused-ring (bicyclic) bond motifs is 1. The second-order valence-electron chi connectivity index (χ2n) is 4.67. The van der Waals surface area contributed by atoms with Crippen LogP contribution in [0.3, 0.4) is 0 Å². The predicted molar refractivity (Wildman–Crippen MR) is 94.0 cm³/mol. The molecule has 8 nitrogen and oxygen atoms in total. The number of hydrogen-bond donors (Lipinski definition) is 2. The smallest absolute Gasteiger partial charge is 0.271 e. The van der Waals surface area contributed by atoms with Gasteiger partial charge < -0.3 is 10.3 Å². The molecule has 0 atom stereocenters. The van der Waals surface area contributed by atoms with Crippen LogP contribution >= 0.6 is 27.7 Å². The number of H-pyrrole nitrogens is 1. The lowest BCUT2D eigenvalue weighted by Gasteiger charge is -2.04. The summed E-state index contributed by atoms with van der Waals surface area (Å²) < 4.78 is 0.694. The first kappa shape index (κ1) is 16.4. The quantitative estimate of drug-likeness (QED) is 0.380. The van der Waals surface area contributed by atoms with Gasteiger partial charge in [0.25, 0.3) is 5.69 Å². The maximum absolute atomic E-state index is 12.0. The van der Waals surface area contributed by atoms with Crippen molar-refractivity contribution in [2.24, 2.45) is 0 Å². The van der Waals surface area contributed by atoms with Crippen LogP contribution in [0.5, 0.6) is 0 Å². The SMILES string of the molecule is O=C(CSc1nc2ccc([N+](=O)[O-])cc2[nH]1)Nc1ncccc1Br. The van der Waals surface area contributed by atoms with Crippen LogP contribution in [-0.4, -0.2) is 31.5 Å². The minimum Gasteiger partial charge on any atom is -0.333 e. The summed E-state index contributed by atoms with van der Waals surface area (Å²) in [5, 5.41) is 14.0. The van der Waals surface area contributed by atoms with Crippen molar-refractivity contribution in [2.45, 2.75) is 5.16 Å². The molecule has 0 spiro atoms. The normalized spacial score (nSPS) is 10.7. The first-order chi connectivity index (χ1) is 11.5. The van der Waals surface area contributed by atoms with Crippen LogP contribution in [0.25, 0.3) is 11.0 Å². The minimum atomic E-state index is -0.467. The van der Waals surface area contributed by atoms with Gasteiger partial charge >= 0.3 is 0 Å². The van der Waals surface area contributed by atoms with Gasteiger partial charge in [-0.25, -0.2) is 9.97 Å². The molecule has 0 saturated carbocycles. The summed E-state index contributed by atoms with van der Waals surface area (Å²) in [4.78, 5) is 33.6. The zero-order valence-electron chi connectivity index (χ0n) is 12.0. The number of rotatable bonds is 5. The molecule has 1 aromatic carbocycles. The summed E-state index contributed by atoms with van der Waals surface area (Å²) in [6.45, 7) is 0. The summed E-state index contributed by atoms with van der Waals surface area (Å²) in [7, 11) is 0. The zero-order chi connectivity index (χ0) is 17.1. The Hall–Kier alpha value is -2.46. The number of aromatic nitrogens is 3. The third kappa shape index (κ3) is 3.71. The molecule has 2 heterocycles. The number of non-ortho nitro benzene ring substituents is 1. The van der Waals surface area contributed by atoms with E-state index in [0.717, 1.165) is 0 Å². The standard InChI is InChI=1S/C14H10BrN5O3S/c15-9-2-1-5-16-13(9)19-12(21)7-24-14-17-10-4-3-8(20(22)23)6-11(10)18-14/h1-6H,7H2,(H,17,18)(H,16,19,21). The van der Waals surface area contributed by atoms with Gasteiger partial charge in [-0.05, 0) is 34.1 Å². The Kier molecular flexibility index (Phi) is 4.76. The predicted octanol–water partition coefficient (Wildman–Crippen LogP) is 3.36. The molecule has 3 aromatic rings. The molecule has 0 radical (unpaired) electrons. The van der Waals surface area contributed by atoms with Crippen molar-refractivity contribution in [3.8, 4) is 0 Å². The van der Waals surface area contributed by atoms with Crippen molar-refractivity contribution in [2.75, 3.05) is 11.1 Å². The van der Waals surface area contributed by atoms with Crippen LogP contribution in [-0.2, 0) is 4.79 Å². The molecular weight excluding hydrogens is 398 g/mol. The fourth-order valence-electron chi connectivity index (χ4n) is 1.94. The number of nitrogens with zero attached hydrogens (tertiary/aromatic N) is 3. The van der Waals surface area contributed by atoms with Crippen LogP contribution in [0.2, 0.25) is 0 Å². The number of nitro benzene ring substituents is 1. The van der Waals surface area contributed by atoms with Gasteiger partial charge in [0.15, 0.2) is 5.16 Å². The first-order valence-corrected chi connectivity index (χ1v) is 8.48. The highest BCUT2D eigenvalue weighted by molar-refractivity contribution is 9.10. The largest absolute Gasteiger partial charge is 0.333 e. The molecule has 0 aliphatic rings. The van der Waals surface area contributed by atoms with Crippen LogP contribution in [0.4, 0.5) is 11.5 Å². The number of hydrogen-bond acceptors (Lipinski definition) is 6. The molecule has 2 N–H and O–H groups in total. The molecule has 2 aromatic heterocycles. The van der Waals surface area contributed by atoms with Crippen molar-refractivity contribution in [1.29, 1.82) is 0 Å². The highest BCUT2D eigenvalue weighted by Gasteiger charge is 2.12. The maximum Gasteiger partial charge on any atom is 0.271 e. The Morgan fingerprint density at radius 1 is 1.42 bits per heavy atom. The summed E-state index contributed by atoms with van der Waals surface area (Å²) in [5.41, 5.74) is 1.15. The van der Waals surface area contributed by atoms with Gasteiger partial charge in [-0.15, -0.1) is 0 Å².